The van der Waals surface area contributed by atoms with E-state index in [9.17, 15) is 0 Å². The van der Waals surface area contributed by atoms with E-state index in [1.165, 1.54) is 31.6 Å². The number of likely N-dealkylation sites (tertiary alicyclic amines) is 1. The van der Waals surface area contributed by atoms with Gasteiger partial charge in [-0.05, 0) is 58.8 Å². The van der Waals surface area contributed by atoms with Crippen molar-refractivity contribution >= 4 is 0 Å². The SMILES string of the molecule is CCCn1nccc1C(NC)C(C)(CC)N1CCCC1. The fourth-order valence-corrected chi connectivity index (χ4v) is 3.60. The number of aromatic nitrogens is 2. The van der Waals surface area contributed by atoms with Gasteiger partial charge < -0.3 is 5.32 Å². The van der Waals surface area contributed by atoms with Crippen molar-refractivity contribution in [2.75, 3.05) is 20.1 Å². The molecule has 0 radical (unpaired) electrons. The molecular weight excluding hydrogens is 248 g/mol. The Hall–Kier alpha value is -0.870. The molecule has 0 aromatic carbocycles. The lowest BCUT2D eigenvalue weighted by Crippen LogP contribution is -2.53. The van der Waals surface area contributed by atoms with E-state index in [1.807, 2.05) is 6.20 Å². The van der Waals surface area contributed by atoms with Crippen LogP contribution in [0.4, 0.5) is 0 Å². The topological polar surface area (TPSA) is 33.1 Å². The van der Waals surface area contributed by atoms with Crippen LogP contribution in [0.1, 0.15) is 58.2 Å². The Kier molecular flexibility index (Phi) is 5.22. The first-order valence-corrected chi connectivity index (χ1v) is 8.11. The van der Waals surface area contributed by atoms with Crippen molar-refractivity contribution in [1.29, 1.82) is 0 Å². The lowest BCUT2D eigenvalue weighted by Gasteiger charge is -2.44. The lowest BCUT2D eigenvalue weighted by molar-refractivity contribution is 0.0834. The summed E-state index contributed by atoms with van der Waals surface area (Å²) < 4.78 is 2.17. The monoisotopic (exact) mass is 278 g/mol. The largest absolute Gasteiger partial charge is 0.310 e. The number of nitrogens with zero attached hydrogens (tertiary/aromatic N) is 3. The molecule has 0 bridgehead atoms. The maximum atomic E-state index is 4.51. The molecule has 1 fully saturated rings. The minimum Gasteiger partial charge on any atom is -0.310 e. The minimum atomic E-state index is 0.163. The van der Waals surface area contributed by atoms with Crippen LogP contribution in [0.2, 0.25) is 0 Å². The molecule has 114 valence electrons. The van der Waals surface area contributed by atoms with Gasteiger partial charge in [-0.3, -0.25) is 9.58 Å². The van der Waals surface area contributed by atoms with Gasteiger partial charge in [-0.2, -0.15) is 5.10 Å². The van der Waals surface area contributed by atoms with E-state index in [0.717, 1.165) is 19.4 Å². The van der Waals surface area contributed by atoms with Crippen LogP contribution in [0.15, 0.2) is 12.3 Å². The van der Waals surface area contributed by atoms with E-state index in [-0.39, 0.29) is 5.54 Å². The molecule has 4 nitrogen and oxygen atoms in total. The quantitative estimate of drug-likeness (QED) is 0.832. The normalized spacial score (nSPS) is 21.0. The molecule has 0 saturated carbocycles. The first kappa shape index (κ1) is 15.5. The number of aryl methyl sites for hydroxylation is 1. The number of nitrogens with one attached hydrogen (secondary N) is 1. The zero-order valence-corrected chi connectivity index (χ0v) is 13.5. The van der Waals surface area contributed by atoms with Crippen molar-refractivity contribution in [3.8, 4) is 0 Å². The van der Waals surface area contributed by atoms with Gasteiger partial charge in [0.25, 0.3) is 0 Å². The Labute approximate surface area is 123 Å². The Balaban J connectivity index is 2.30. The summed E-state index contributed by atoms with van der Waals surface area (Å²) in [5.41, 5.74) is 1.49. The Morgan fingerprint density at radius 1 is 1.35 bits per heavy atom. The molecule has 20 heavy (non-hydrogen) atoms. The molecule has 1 aliphatic rings. The van der Waals surface area contributed by atoms with Gasteiger partial charge >= 0.3 is 0 Å². The zero-order chi connectivity index (χ0) is 14.6. The number of hydrogen-bond acceptors (Lipinski definition) is 3. The molecule has 2 heterocycles. The van der Waals surface area contributed by atoms with Crippen LogP contribution in [-0.2, 0) is 6.54 Å². The summed E-state index contributed by atoms with van der Waals surface area (Å²) in [7, 11) is 2.08. The van der Waals surface area contributed by atoms with Gasteiger partial charge in [-0.15, -0.1) is 0 Å². The van der Waals surface area contributed by atoms with E-state index < -0.39 is 0 Å². The van der Waals surface area contributed by atoms with Crippen LogP contribution in [0, 0.1) is 0 Å². The number of likely N-dealkylation sites (N-methyl/N-ethyl adjacent to an activating group) is 1. The summed E-state index contributed by atoms with van der Waals surface area (Å²) in [4.78, 5) is 2.66. The van der Waals surface area contributed by atoms with Crippen molar-refractivity contribution in [2.45, 2.75) is 64.6 Å². The van der Waals surface area contributed by atoms with Crippen molar-refractivity contribution < 1.29 is 0 Å². The first-order chi connectivity index (χ1) is 9.67. The summed E-state index contributed by atoms with van der Waals surface area (Å²) in [5, 5.41) is 8.08. The van der Waals surface area contributed by atoms with E-state index in [1.54, 1.807) is 0 Å². The van der Waals surface area contributed by atoms with Gasteiger partial charge in [0.2, 0.25) is 0 Å². The van der Waals surface area contributed by atoms with Crippen LogP contribution in [0.5, 0.6) is 0 Å². The number of rotatable bonds is 7. The van der Waals surface area contributed by atoms with Crippen molar-refractivity contribution in [1.82, 2.24) is 20.0 Å². The molecule has 0 amide bonds. The Bertz CT molecular complexity index is 408. The molecule has 1 N–H and O–H groups in total. The van der Waals surface area contributed by atoms with Crippen molar-refractivity contribution in [3.05, 3.63) is 18.0 Å². The van der Waals surface area contributed by atoms with Crippen molar-refractivity contribution in [2.24, 2.45) is 0 Å². The summed E-state index contributed by atoms with van der Waals surface area (Å²) in [6.45, 7) is 10.4. The fraction of sp³-hybridized carbons (Fsp3) is 0.812. The molecule has 2 rings (SSSR count). The third-order valence-electron chi connectivity index (χ3n) is 4.94. The van der Waals surface area contributed by atoms with Gasteiger partial charge in [-0.1, -0.05) is 13.8 Å². The van der Waals surface area contributed by atoms with E-state index in [2.05, 4.69) is 53.9 Å². The second-order valence-corrected chi connectivity index (χ2v) is 6.11. The maximum absolute atomic E-state index is 4.51. The van der Waals surface area contributed by atoms with Crippen LogP contribution >= 0.6 is 0 Å². The second kappa shape index (κ2) is 6.72. The summed E-state index contributed by atoms with van der Waals surface area (Å²) >= 11 is 0. The van der Waals surface area contributed by atoms with Gasteiger partial charge in [0.15, 0.2) is 0 Å². The summed E-state index contributed by atoms with van der Waals surface area (Å²) in [6.07, 6.45) is 6.88. The molecule has 2 atom stereocenters. The molecular formula is C16H30N4. The molecule has 1 aliphatic heterocycles. The summed E-state index contributed by atoms with van der Waals surface area (Å²) in [5.74, 6) is 0. The maximum Gasteiger partial charge on any atom is 0.0673 e. The average molecular weight is 278 g/mol. The Morgan fingerprint density at radius 2 is 2.05 bits per heavy atom. The third kappa shape index (κ3) is 2.77. The smallest absolute Gasteiger partial charge is 0.0673 e. The molecule has 0 spiro atoms. The molecule has 1 aromatic rings. The number of hydrogen-bond donors (Lipinski definition) is 1. The first-order valence-electron chi connectivity index (χ1n) is 8.11. The average Bonchev–Trinajstić information content (AvgIpc) is 3.12. The van der Waals surface area contributed by atoms with Gasteiger partial charge in [0, 0.05) is 18.3 Å². The fourth-order valence-electron chi connectivity index (χ4n) is 3.60. The van der Waals surface area contributed by atoms with Gasteiger partial charge in [0.1, 0.15) is 0 Å². The predicted molar refractivity (Wildman–Crippen MR) is 83.8 cm³/mol. The zero-order valence-electron chi connectivity index (χ0n) is 13.5. The highest BCUT2D eigenvalue weighted by molar-refractivity contribution is 5.15. The van der Waals surface area contributed by atoms with Crippen LogP contribution in [0.25, 0.3) is 0 Å². The highest BCUT2D eigenvalue weighted by Crippen LogP contribution is 2.36. The van der Waals surface area contributed by atoms with E-state index >= 15 is 0 Å². The van der Waals surface area contributed by atoms with Crippen molar-refractivity contribution in [3.63, 3.8) is 0 Å². The highest BCUT2D eigenvalue weighted by atomic mass is 15.3. The molecule has 1 aromatic heterocycles. The van der Waals surface area contributed by atoms with E-state index in [4.69, 9.17) is 0 Å². The molecule has 2 unspecified atom stereocenters. The minimum absolute atomic E-state index is 0.163. The standard InChI is InChI=1S/C16H30N4/c1-5-11-20-14(9-10-18-20)15(17-4)16(3,6-2)19-12-7-8-13-19/h9-10,15,17H,5-8,11-13H2,1-4H3. The van der Waals surface area contributed by atoms with E-state index in [0.29, 0.717) is 6.04 Å². The lowest BCUT2D eigenvalue weighted by atomic mass is 9.85. The van der Waals surface area contributed by atoms with Gasteiger partial charge in [-0.25, -0.2) is 0 Å². The van der Waals surface area contributed by atoms with Crippen LogP contribution in [-0.4, -0.2) is 40.4 Å². The molecule has 0 aliphatic carbocycles. The second-order valence-electron chi connectivity index (χ2n) is 6.11. The van der Waals surface area contributed by atoms with Crippen LogP contribution < -0.4 is 5.32 Å². The highest BCUT2D eigenvalue weighted by Gasteiger charge is 2.40. The Morgan fingerprint density at radius 3 is 2.60 bits per heavy atom. The molecule has 1 saturated heterocycles. The third-order valence-corrected chi connectivity index (χ3v) is 4.94. The predicted octanol–water partition coefficient (Wildman–Crippen LogP) is 2.82. The summed E-state index contributed by atoms with van der Waals surface area (Å²) in [6, 6.07) is 2.51. The van der Waals surface area contributed by atoms with Gasteiger partial charge in [0.05, 0.1) is 11.7 Å². The van der Waals surface area contributed by atoms with Crippen LogP contribution in [0.3, 0.4) is 0 Å². The molecule has 4 heteroatoms.